The summed E-state index contributed by atoms with van der Waals surface area (Å²) in [5.74, 6) is 1.55. The summed E-state index contributed by atoms with van der Waals surface area (Å²) in [5.41, 5.74) is 3.85. The summed E-state index contributed by atoms with van der Waals surface area (Å²) >= 11 is 0. The number of rotatable bonds is 15. The largest absolute Gasteiger partial charge is 0.394 e. The van der Waals surface area contributed by atoms with E-state index >= 15 is 0 Å². The van der Waals surface area contributed by atoms with Crippen LogP contribution in [0.5, 0.6) is 0 Å². The van der Waals surface area contributed by atoms with Crippen LogP contribution in [-0.2, 0) is 36.3 Å². The molecule has 1 aromatic heterocycles. The van der Waals surface area contributed by atoms with E-state index in [1.165, 1.54) is 17.7 Å². The number of hydrogen-bond donors (Lipinski definition) is 3. The topological polar surface area (TPSA) is 93.4 Å². The molecule has 1 aliphatic heterocycles. The van der Waals surface area contributed by atoms with E-state index in [-0.39, 0.29) is 18.6 Å². The number of benzene rings is 1. The third kappa shape index (κ3) is 8.03. The third-order valence-electron chi connectivity index (χ3n) is 12.0. The van der Waals surface area contributed by atoms with Gasteiger partial charge in [0.2, 0.25) is 5.91 Å². The van der Waals surface area contributed by atoms with E-state index < -0.39 is 24.2 Å². The lowest BCUT2D eigenvalue weighted by Crippen LogP contribution is -2.62. The Morgan fingerprint density at radius 1 is 1.10 bits per heavy atom. The van der Waals surface area contributed by atoms with Crippen molar-refractivity contribution >= 4 is 5.91 Å². The van der Waals surface area contributed by atoms with E-state index in [4.69, 9.17) is 4.84 Å². The molecule has 1 amide bonds. The summed E-state index contributed by atoms with van der Waals surface area (Å²) in [6.07, 6.45) is 3.98. The molecule has 3 saturated carbocycles. The first-order chi connectivity index (χ1) is 22.7. The zero-order valence-corrected chi connectivity index (χ0v) is 31.0. The van der Waals surface area contributed by atoms with Crippen molar-refractivity contribution in [2.45, 2.75) is 111 Å². The first-order valence-electron chi connectivity index (χ1n) is 18.3. The lowest BCUT2D eigenvalue weighted by molar-refractivity contribution is -0.183. The van der Waals surface area contributed by atoms with Crippen LogP contribution in [0.3, 0.4) is 0 Å². The van der Waals surface area contributed by atoms with Crippen molar-refractivity contribution < 1.29 is 19.8 Å². The lowest BCUT2D eigenvalue weighted by atomic mass is 9.45. The summed E-state index contributed by atoms with van der Waals surface area (Å²) in [4.78, 5) is 25.3. The maximum atomic E-state index is 14.1. The van der Waals surface area contributed by atoms with E-state index in [1.54, 1.807) is 12.0 Å². The van der Waals surface area contributed by atoms with Gasteiger partial charge in [0, 0.05) is 56.6 Å². The van der Waals surface area contributed by atoms with Crippen molar-refractivity contribution in [3.63, 3.8) is 0 Å². The van der Waals surface area contributed by atoms with Gasteiger partial charge in [-0.1, -0.05) is 58.9 Å². The van der Waals surface area contributed by atoms with Gasteiger partial charge in [0.1, 0.15) is 12.1 Å². The number of carbonyl (C=O) groups excluding carboxylic acids is 1. The van der Waals surface area contributed by atoms with Crippen molar-refractivity contribution in [2.75, 3.05) is 27.2 Å². The molecule has 1 aromatic carbocycles. The Labute approximate surface area is 289 Å². The number of fused-ring (bicyclic) bond motifs is 2. The fourth-order valence-corrected chi connectivity index (χ4v) is 9.21. The molecule has 4 fully saturated rings. The van der Waals surface area contributed by atoms with Crippen LogP contribution in [-0.4, -0.2) is 93.1 Å². The number of aliphatic hydroxyl groups excluding tert-OH is 2. The van der Waals surface area contributed by atoms with Crippen LogP contribution in [0.4, 0.5) is 0 Å². The predicted octanol–water partition coefficient (Wildman–Crippen LogP) is 4.66. The number of nitrogens with one attached hydrogen (secondary N) is 1. The number of nitrogens with zero attached hydrogens (tertiary/aromatic N) is 4. The number of amides is 1. The van der Waals surface area contributed by atoms with Gasteiger partial charge in [-0.2, -0.15) is 5.06 Å². The maximum absolute atomic E-state index is 14.1. The molecule has 0 unspecified atom stereocenters. The highest BCUT2D eigenvalue weighted by Crippen LogP contribution is 2.61. The van der Waals surface area contributed by atoms with Gasteiger partial charge in [-0.3, -0.25) is 14.5 Å². The van der Waals surface area contributed by atoms with Crippen molar-refractivity contribution in [1.82, 2.24) is 24.7 Å². The molecule has 2 bridgehead atoms. The Hall–Kier alpha value is -2.27. The highest BCUT2D eigenvalue weighted by molar-refractivity contribution is 5.82. The molecule has 3 N–H and O–H groups in total. The second kappa shape index (κ2) is 15.3. The van der Waals surface area contributed by atoms with Gasteiger partial charge in [0.15, 0.2) is 0 Å². The number of hydroxylamine groups is 2. The van der Waals surface area contributed by atoms with E-state index in [2.05, 4.69) is 118 Å². The molecular formula is C39H63N5O4. The SMILES string of the molecule is CC(C)C[C@@H](CN(C)C)N(Cc1cccc(CN2O[C@@H](CO)[C@@H]([C@H](C)O)[C@H]2C(=O)N[C@H]2C[C@@H]3C[C@H]([C@@H]2C)C3(C)C)c1)Cc1cccn1C. The Bertz CT molecular complexity index is 1350. The second-order valence-corrected chi connectivity index (χ2v) is 16.6. The van der Waals surface area contributed by atoms with Crippen molar-refractivity contribution in [1.29, 1.82) is 0 Å². The molecule has 9 nitrogen and oxygen atoms in total. The molecule has 6 rings (SSSR count). The molecule has 1 saturated heterocycles. The minimum Gasteiger partial charge on any atom is -0.394 e. The number of aromatic nitrogens is 1. The zero-order valence-electron chi connectivity index (χ0n) is 31.0. The number of likely N-dealkylation sites (N-methyl/N-ethyl adjacent to an activating group) is 1. The number of aryl methyl sites for hydroxylation is 1. The molecule has 4 aliphatic rings. The van der Waals surface area contributed by atoms with Gasteiger partial charge < -0.3 is 25.0 Å². The van der Waals surface area contributed by atoms with E-state index in [9.17, 15) is 15.0 Å². The molecule has 0 radical (unpaired) electrons. The van der Waals surface area contributed by atoms with E-state index in [0.717, 1.165) is 38.0 Å². The zero-order chi connectivity index (χ0) is 34.9. The smallest absolute Gasteiger partial charge is 0.240 e. The molecule has 0 spiro atoms. The monoisotopic (exact) mass is 665 g/mol. The Balaban J connectivity index is 1.35. The van der Waals surface area contributed by atoms with Gasteiger partial charge in [-0.15, -0.1) is 0 Å². The normalized spacial score (nSPS) is 29.8. The first kappa shape index (κ1) is 37.0. The quantitative estimate of drug-likeness (QED) is 0.255. The van der Waals surface area contributed by atoms with Gasteiger partial charge in [-0.25, -0.2) is 0 Å². The molecule has 3 aliphatic carbocycles. The van der Waals surface area contributed by atoms with Crippen LogP contribution < -0.4 is 5.32 Å². The van der Waals surface area contributed by atoms with Crippen molar-refractivity contribution in [3.05, 3.63) is 59.4 Å². The minimum atomic E-state index is -0.814. The molecule has 9 heteroatoms. The van der Waals surface area contributed by atoms with Crippen LogP contribution in [0.15, 0.2) is 42.6 Å². The van der Waals surface area contributed by atoms with Crippen LogP contribution in [0.2, 0.25) is 0 Å². The van der Waals surface area contributed by atoms with Gasteiger partial charge in [-0.05, 0) is 92.6 Å². The average Bonchev–Trinajstić information content (AvgIpc) is 3.59. The molecule has 2 heterocycles. The molecule has 9 atom stereocenters. The van der Waals surface area contributed by atoms with Crippen LogP contribution in [0, 0.1) is 35.0 Å². The molecular weight excluding hydrogens is 602 g/mol. The lowest BCUT2D eigenvalue weighted by Gasteiger charge is -2.62. The van der Waals surface area contributed by atoms with E-state index in [1.807, 2.05) is 0 Å². The highest BCUT2D eigenvalue weighted by atomic mass is 16.7. The number of hydrogen-bond acceptors (Lipinski definition) is 7. The van der Waals surface area contributed by atoms with Crippen LogP contribution >= 0.6 is 0 Å². The van der Waals surface area contributed by atoms with Crippen molar-refractivity contribution in [3.8, 4) is 0 Å². The fraction of sp³-hybridized carbons (Fsp3) is 0.718. The average molecular weight is 666 g/mol. The first-order valence-corrected chi connectivity index (χ1v) is 18.3. The summed E-state index contributed by atoms with van der Waals surface area (Å²) in [5, 5.41) is 26.3. The molecule has 48 heavy (non-hydrogen) atoms. The Kier molecular flexibility index (Phi) is 11.8. The summed E-state index contributed by atoms with van der Waals surface area (Å²) in [6.45, 7) is 16.0. The van der Waals surface area contributed by atoms with E-state index in [0.29, 0.717) is 41.7 Å². The molecule has 2 aromatic rings. The summed E-state index contributed by atoms with van der Waals surface area (Å²) in [6, 6.07) is 12.7. The Morgan fingerprint density at radius 2 is 1.83 bits per heavy atom. The standard InChI is InChI=1S/C39H63N5O4/c1-25(2)16-32(22-41(7)8)43(23-31-14-11-15-42(31)9)20-28-12-10-13-29(17-28)21-44-37(36(27(4)46)35(24-45)48-44)38(47)40-34-19-30-18-33(26(34)3)39(30,5)6/h10-15,17,25-27,30,32-37,45-46H,16,18-24H2,1-9H3,(H,40,47)/t26-,27-,30-,32-,33+,34-,35-,36+,37-/m0/s1. The van der Waals surface area contributed by atoms with Crippen LogP contribution in [0.25, 0.3) is 0 Å². The van der Waals surface area contributed by atoms with Crippen molar-refractivity contribution in [2.24, 2.45) is 42.1 Å². The summed E-state index contributed by atoms with van der Waals surface area (Å²) < 4.78 is 2.20. The fourth-order valence-electron chi connectivity index (χ4n) is 9.21. The summed E-state index contributed by atoms with van der Waals surface area (Å²) in [7, 11) is 6.41. The maximum Gasteiger partial charge on any atom is 0.240 e. The number of carbonyl (C=O) groups is 1. The number of aliphatic hydroxyl groups is 2. The van der Waals surface area contributed by atoms with Crippen LogP contribution in [0.1, 0.15) is 77.6 Å². The van der Waals surface area contributed by atoms with Gasteiger partial charge in [0.05, 0.1) is 19.3 Å². The molecule has 268 valence electrons. The highest BCUT2D eigenvalue weighted by Gasteiger charge is 2.57. The predicted molar refractivity (Wildman–Crippen MR) is 190 cm³/mol. The minimum absolute atomic E-state index is 0.110. The third-order valence-corrected chi connectivity index (χ3v) is 12.0. The Morgan fingerprint density at radius 3 is 2.42 bits per heavy atom. The van der Waals surface area contributed by atoms with Gasteiger partial charge >= 0.3 is 0 Å². The second-order valence-electron chi connectivity index (χ2n) is 16.6. The van der Waals surface area contributed by atoms with Gasteiger partial charge in [0.25, 0.3) is 0 Å².